The number of hydrogen-bond acceptors (Lipinski definition) is 7. The van der Waals surface area contributed by atoms with E-state index in [0.717, 1.165) is 5.69 Å². The Morgan fingerprint density at radius 2 is 1.86 bits per heavy atom. The van der Waals surface area contributed by atoms with Gasteiger partial charge in [0, 0.05) is 31.7 Å². The first kappa shape index (κ1) is 34.9. The molecule has 12 nitrogen and oxygen atoms in total. The summed E-state index contributed by atoms with van der Waals surface area (Å²) in [5, 5.41) is 12.6. The lowest BCUT2D eigenvalue weighted by Crippen LogP contribution is -2.42. The van der Waals surface area contributed by atoms with Crippen LogP contribution in [0.5, 0.6) is 5.75 Å². The molecule has 4 heterocycles. The number of hydrogen-bond donors (Lipinski definition) is 1. The van der Waals surface area contributed by atoms with E-state index in [1.54, 1.807) is 58.3 Å². The number of urea groups is 1. The molecule has 2 atom stereocenters. The third kappa shape index (κ3) is 6.66. The number of carbonyl (C=O) groups excluding carboxylic acids is 2. The van der Waals surface area contributed by atoms with Crippen molar-refractivity contribution < 1.29 is 32.6 Å². The number of nitrogens with one attached hydrogen (secondary N) is 1. The average molecular weight is 792 g/mol. The molecule has 0 saturated carbocycles. The van der Waals surface area contributed by atoms with Crippen LogP contribution in [0.15, 0.2) is 24.4 Å². The Kier molecular flexibility index (Phi) is 9.52. The normalized spacial score (nSPS) is 17.9. The highest BCUT2D eigenvalue weighted by atomic mass is 127. The van der Waals surface area contributed by atoms with E-state index in [0.29, 0.717) is 74.5 Å². The van der Waals surface area contributed by atoms with Crippen LogP contribution in [0.1, 0.15) is 56.1 Å². The SMILES string of the molecule is COCCn1ncc2c(F)c(I)c(OC[C@H]3CN(c4c5c(nn4-c4cc(C)c(F)c(C)c4)CCN(C(=O)OC(C)(C)C)[C@H]5C)C(=O)N3)cc21. The third-order valence-corrected chi connectivity index (χ3v) is 9.72. The summed E-state index contributed by atoms with van der Waals surface area (Å²) < 4.78 is 50.7. The van der Waals surface area contributed by atoms with Crippen LogP contribution in [0.25, 0.3) is 16.6 Å². The molecular formula is C34H40F2IN7O5. The van der Waals surface area contributed by atoms with Crippen LogP contribution in [0.3, 0.4) is 0 Å². The third-order valence-electron chi connectivity index (χ3n) is 8.71. The van der Waals surface area contributed by atoms with Gasteiger partial charge in [-0.1, -0.05) is 0 Å². The van der Waals surface area contributed by atoms with E-state index in [2.05, 4.69) is 10.4 Å². The second kappa shape index (κ2) is 13.4. The van der Waals surface area contributed by atoms with Crippen molar-refractivity contribution in [2.45, 2.75) is 72.2 Å². The van der Waals surface area contributed by atoms with Gasteiger partial charge >= 0.3 is 12.1 Å². The number of carbonyl (C=O) groups is 2. The number of anilines is 1. The molecule has 0 unspecified atom stereocenters. The minimum absolute atomic E-state index is 0.0556. The second-order valence-corrected chi connectivity index (χ2v) is 14.5. The number of aromatic nitrogens is 4. The quantitative estimate of drug-likeness (QED) is 0.212. The van der Waals surface area contributed by atoms with Gasteiger partial charge in [-0.05, 0) is 87.4 Å². The topological polar surface area (TPSA) is 116 Å². The molecular weight excluding hydrogens is 751 g/mol. The van der Waals surface area contributed by atoms with E-state index >= 15 is 4.39 Å². The molecule has 0 radical (unpaired) electrons. The lowest BCUT2D eigenvalue weighted by molar-refractivity contribution is 0.0160. The van der Waals surface area contributed by atoms with Gasteiger partial charge in [-0.25, -0.2) is 23.1 Å². The molecule has 3 amide bonds. The number of rotatable bonds is 8. The van der Waals surface area contributed by atoms with Gasteiger partial charge in [-0.2, -0.15) is 10.2 Å². The van der Waals surface area contributed by atoms with Crippen LogP contribution >= 0.6 is 22.6 Å². The van der Waals surface area contributed by atoms with E-state index in [4.69, 9.17) is 19.3 Å². The summed E-state index contributed by atoms with van der Waals surface area (Å²) in [4.78, 5) is 30.2. The van der Waals surface area contributed by atoms with Gasteiger partial charge in [0.2, 0.25) is 0 Å². The van der Waals surface area contributed by atoms with Gasteiger partial charge in [0.15, 0.2) is 5.82 Å². The zero-order chi connectivity index (χ0) is 35.4. The zero-order valence-corrected chi connectivity index (χ0v) is 30.7. The fraction of sp³-hybridized carbons (Fsp3) is 0.471. The predicted octanol–water partition coefficient (Wildman–Crippen LogP) is 6.20. The summed E-state index contributed by atoms with van der Waals surface area (Å²) in [6.07, 6.45) is 1.46. The Balaban J connectivity index is 1.33. The molecule has 1 fully saturated rings. The summed E-state index contributed by atoms with van der Waals surface area (Å²) in [5.41, 5.74) is 2.80. The van der Waals surface area contributed by atoms with Crippen molar-refractivity contribution in [1.82, 2.24) is 29.8 Å². The summed E-state index contributed by atoms with van der Waals surface area (Å²) in [6.45, 7) is 12.2. The van der Waals surface area contributed by atoms with Crippen LogP contribution in [0, 0.1) is 29.1 Å². The number of fused-ring (bicyclic) bond motifs is 2. The van der Waals surface area contributed by atoms with Gasteiger partial charge in [-0.15, -0.1) is 0 Å². The van der Waals surface area contributed by atoms with Crippen LogP contribution in [-0.2, 0) is 22.4 Å². The van der Waals surface area contributed by atoms with E-state index in [1.165, 1.54) is 6.20 Å². The first-order valence-electron chi connectivity index (χ1n) is 16.1. The van der Waals surface area contributed by atoms with Crippen LogP contribution in [-0.4, -0.2) is 81.6 Å². The average Bonchev–Trinajstić information content (AvgIpc) is 3.73. The Morgan fingerprint density at radius 3 is 2.53 bits per heavy atom. The Hall–Kier alpha value is -3.99. The van der Waals surface area contributed by atoms with Crippen molar-refractivity contribution in [2.75, 3.05) is 38.3 Å². The molecule has 1 saturated heterocycles. The van der Waals surface area contributed by atoms with Crippen molar-refractivity contribution in [3.63, 3.8) is 0 Å². The number of ether oxygens (including phenoxy) is 3. The highest BCUT2D eigenvalue weighted by Crippen LogP contribution is 2.40. The molecule has 2 aliphatic heterocycles. The molecule has 262 valence electrons. The molecule has 2 aliphatic rings. The van der Waals surface area contributed by atoms with Crippen LogP contribution in [0.2, 0.25) is 0 Å². The lowest BCUT2D eigenvalue weighted by atomic mass is 9.99. The van der Waals surface area contributed by atoms with Gasteiger partial charge in [0.25, 0.3) is 0 Å². The van der Waals surface area contributed by atoms with E-state index in [-0.39, 0.29) is 25.0 Å². The number of nitrogens with zero attached hydrogens (tertiary/aromatic N) is 6. The molecule has 15 heteroatoms. The van der Waals surface area contributed by atoms with E-state index in [1.807, 2.05) is 50.3 Å². The molecule has 2 aromatic carbocycles. The fourth-order valence-corrected chi connectivity index (χ4v) is 6.97. The van der Waals surface area contributed by atoms with Gasteiger partial charge in [0.1, 0.15) is 29.6 Å². The highest BCUT2D eigenvalue weighted by molar-refractivity contribution is 14.1. The highest BCUT2D eigenvalue weighted by Gasteiger charge is 2.41. The Morgan fingerprint density at radius 1 is 1.14 bits per heavy atom. The van der Waals surface area contributed by atoms with Gasteiger partial charge in [-0.3, -0.25) is 9.58 Å². The summed E-state index contributed by atoms with van der Waals surface area (Å²) in [5.74, 6) is 0.0654. The Bertz CT molecular complexity index is 1910. The van der Waals surface area contributed by atoms with Crippen molar-refractivity contribution >= 4 is 51.4 Å². The zero-order valence-electron chi connectivity index (χ0n) is 28.6. The van der Waals surface area contributed by atoms with Gasteiger partial charge in [0.05, 0.1) is 63.8 Å². The largest absolute Gasteiger partial charge is 0.490 e. The van der Waals surface area contributed by atoms with Crippen LogP contribution < -0.4 is 15.0 Å². The molecule has 2 aromatic heterocycles. The van der Waals surface area contributed by atoms with Crippen molar-refractivity contribution in [2.24, 2.45) is 0 Å². The van der Waals surface area contributed by atoms with E-state index in [9.17, 15) is 14.0 Å². The number of aryl methyl sites for hydroxylation is 2. The minimum Gasteiger partial charge on any atom is -0.490 e. The molecule has 4 aromatic rings. The number of amides is 3. The van der Waals surface area contributed by atoms with Gasteiger partial charge < -0.3 is 24.4 Å². The molecule has 49 heavy (non-hydrogen) atoms. The Labute approximate surface area is 296 Å². The smallest absolute Gasteiger partial charge is 0.410 e. The van der Waals surface area contributed by atoms with Crippen molar-refractivity contribution in [3.8, 4) is 11.4 Å². The first-order chi connectivity index (χ1) is 23.2. The molecule has 1 N–H and O–H groups in total. The van der Waals surface area contributed by atoms with Crippen molar-refractivity contribution in [3.05, 3.63) is 62.0 Å². The van der Waals surface area contributed by atoms with Crippen molar-refractivity contribution in [1.29, 1.82) is 0 Å². The van der Waals surface area contributed by atoms with Crippen LogP contribution in [0.4, 0.5) is 24.2 Å². The number of benzene rings is 2. The summed E-state index contributed by atoms with van der Waals surface area (Å²) in [7, 11) is 1.59. The predicted molar refractivity (Wildman–Crippen MR) is 187 cm³/mol. The number of methoxy groups -OCH3 is 1. The maximum atomic E-state index is 15.3. The molecule has 0 bridgehead atoms. The molecule has 0 aliphatic carbocycles. The maximum absolute atomic E-state index is 15.3. The molecule has 6 rings (SSSR count). The minimum atomic E-state index is -0.690. The molecule has 0 spiro atoms. The van der Waals surface area contributed by atoms with E-state index < -0.39 is 29.6 Å². The fourth-order valence-electron chi connectivity index (χ4n) is 6.37. The second-order valence-electron chi connectivity index (χ2n) is 13.5. The maximum Gasteiger partial charge on any atom is 0.410 e. The number of halogens is 3. The summed E-state index contributed by atoms with van der Waals surface area (Å²) in [6, 6.07) is 3.79. The standard InChI is InChI=1S/C34H40F2IN7O5/c1-18-12-22(13-19(2)28(18)35)44-31(27-20(3)41(9-8-24(27)40-44)33(46)49-34(4,5)6)42-16-21(39-32(42)45)17-48-26-14-25-23(29(36)30(26)37)15-38-43(25)10-11-47-7/h12-15,20-21H,8-11,16-17H2,1-7H3,(H,39,45)/t20-,21+/m0/s1. The summed E-state index contributed by atoms with van der Waals surface area (Å²) >= 11 is 1.91. The monoisotopic (exact) mass is 791 g/mol. The first-order valence-corrected chi connectivity index (χ1v) is 17.2. The lowest BCUT2D eigenvalue weighted by Gasteiger charge is -2.35.